The van der Waals surface area contributed by atoms with E-state index in [1.165, 1.54) is 12.1 Å². The van der Waals surface area contributed by atoms with Crippen LogP contribution in [-0.4, -0.2) is 24.4 Å². The van der Waals surface area contributed by atoms with Crippen molar-refractivity contribution < 1.29 is 14.2 Å². The molecule has 0 fully saturated rings. The summed E-state index contributed by atoms with van der Waals surface area (Å²) in [6, 6.07) is 4.65. The molecule has 0 aromatic heterocycles. The molecule has 3 heteroatoms. The third kappa shape index (κ3) is 4.29. The molecule has 1 unspecified atom stereocenters. The van der Waals surface area contributed by atoms with Crippen LogP contribution in [0.1, 0.15) is 24.5 Å². The number of benzene rings is 1. The molecule has 0 aliphatic carbocycles. The summed E-state index contributed by atoms with van der Waals surface area (Å²) in [5.41, 5.74) is 1.88. The van der Waals surface area contributed by atoms with Crippen molar-refractivity contribution in [2.75, 3.05) is 13.2 Å². The third-order valence-corrected chi connectivity index (χ3v) is 2.56. The van der Waals surface area contributed by atoms with Crippen molar-refractivity contribution >= 4 is 0 Å². The minimum absolute atomic E-state index is 0.231. The first-order valence-electron chi connectivity index (χ1n) is 5.64. The maximum absolute atomic E-state index is 12.9. The molecule has 1 N–H and O–H groups in total. The molecule has 90 valence electrons. The predicted molar refractivity (Wildman–Crippen MR) is 62.0 cm³/mol. The van der Waals surface area contributed by atoms with Gasteiger partial charge in [0.1, 0.15) is 5.82 Å². The minimum Gasteiger partial charge on any atom is -0.393 e. The second kappa shape index (κ2) is 6.61. The monoisotopic (exact) mass is 226 g/mol. The van der Waals surface area contributed by atoms with Gasteiger partial charge in [0.05, 0.1) is 6.10 Å². The Morgan fingerprint density at radius 3 is 2.81 bits per heavy atom. The van der Waals surface area contributed by atoms with E-state index < -0.39 is 6.10 Å². The topological polar surface area (TPSA) is 29.5 Å². The maximum Gasteiger partial charge on any atom is 0.123 e. The Balaban J connectivity index is 2.46. The summed E-state index contributed by atoms with van der Waals surface area (Å²) < 4.78 is 18.0. The largest absolute Gasteiger partial charge is 0.393 e. The Bertz CT molecular complexity index is 326. The van der Waals surface area contributed by atoms with Crippen LogP contribution < -0.4 is 0 Å². The van der Waals surface area contributed by atoms with Gasteiger partial charge in [-0.3, -0.25) is 0 Å². The highest BCUT2D eigenvalue weighted by Gasteiger charge is 2.08. The summed E-state index contributed by atoms with van der Waals surface area (Å²) in [6.45, 7) is 5.02. The molecule has 0 radical (unpaired) electrons. The van der Waals surface area contributed by atoms with E-state index in [0.717, 1.165) is 11.1 Å². The molecule has 0 saturated heterocycles. The highest BCUT2D eigenvalue weighted by Crippen LogP contribution is 2.13. The van der Waals surface area contributed by atoms with Crippen LogP contribution >= 0.6 is 0 Å². The molecule has 16 heavy (non-hydrogen) atoms. The van der Waals surface area contributed by atoms with Crippen molar-refractivity contribution in [2.45, 2.75) is 32.8 Å². The molecule has 0 aliphatic heterocycles. The molecule has 0 saturated carbocycles. The molecule has 1 aromatic carbocycles. The summed E-state index contributed by atoms with van der Waals surface area (Å²) in [5, 5.41) is 9.75. The van der Waals surface area contributed by atoms with E-state index in [1.807, 2.05) is 13.8 Å². The van der Waals surface area contributed by atoms with Crippen LogP contribution in [0.15, 0.2) is 18.2 Å². The number of aryl methyl sites for hydroxylation is 1. The van der Waals surface area contributed by atoms with Crippen molar-refractivity contribution in [3.63, 3.8) is 0 Å². The van der Waals surface area contributed by atoms with Crippen molar-refractivity contribution in [1.82, 2.24) is 0 Å². The summed E-state index contributed by atoms with van der Waals surface area (Å²) >= 11 is 0. The molecule has 2 nitrogen and oxygen atoms in total. The van der Waals surface area contributed by atoms with Crippen LogP contribution in [0, 0.1) is 12.7 Å². The average molecular weight is 226 g/mol. The van der Waals surface area contributed by atoms with Crippen LogP contribution in [0.25, 0.3) is 0 Å². The van der Waals surface area contributed by atoms with Gasteiger partial charge in [0.2, 0.25) is 0 Å². The van der Waals surface area contributed by atoms with E-state index in [-0.39, 0.29) is 5.82 Å². The van der Waals surface area contributed by atoms with Gasteiger partial charge in [-0.2, -0.15) is 0 Å². The molecule has 1 rings (SSSR count). The van der Waals surface area contributed by atoms with Crippen LogP contribution in [0.3, 0.4) is 0 Å². The van der Waals surface area contributed by atoms with Gasteiger partial charge in [-0.25, -0.2) is 4.39 Å². The van der Waals surface area contributed by atoms with Gasteiger partial charge >= 0.3 is 0 Å². The summed E-state index contributed by atoms with van der Waals surface area (Å²) in [7, 11) is 0. The Morgan fingerprint density at radius 1 is 1.44 bits per heavy atom. The summed E-state index contributed by atoms with van der Waals surface area (Å²) in [4.78, 5) is 0. The molecular weight excluding hydrogens is 207 g/mol. The summed E-state index contributed by atoms with van der Waals surface area (Å²) in [6.07, 6.45) is 0.750. The normalized spacial score (nSPS) is 12.8. The quantitative estimate of drug-likeness (QED) is 0.755. The molecule has 0 spiro atoms. The number of halogens is 1. The number of aliphatic hydroxyl groups excluding tert-OH is 1. The van der Waals surface area contributed by atoms with Gasteiger partial charge in [-0.05, 0) is 49.9 Å². The average Bonchev–Trinajstić information content (AvgIpc) is 2.23. The van der Waals surface area contributed by atoms with Gasteiger partial charge in [0, 0.05) is 13.2 Å². The number of ether oxygens (including phenoxy) is 1. The SMILES string of the molecule is CCOCCC(O)Cc1ccc(F)cc1C. The predicted octanol–water partition coefficient (Wildman–Crippen LogP) is 2.46. The molecular formula is C13H19FO2. The molecule has 0 bridgehead atoms. The van der Waals surface area contributed by atoms with Gasteiger partial charge in [0.25, 0.3) is 0 Å². The highest BCUT2D eigenvalue weighted by atomic mass is 19.1. The maximum atomic E-state index is 12.9. The van der Waals surface area contributed by atoms with E-state index in [0.29, 0.717) is 26.1 Å². The van der Waals surface area contributed by atoms with Crippen molar-refractivity contribution in [3.8, 4) is 0 Å². The fourth-order valence-electron chi connectivity index (χ4n) is 1.61. The first kappa shape index (κ1) is 13.1. The molecule has 0 aliphatic rings. The number of rotatable bonds is 6. The van der Waals surface area contributed by atoms with E-state index in [4.69, 9.17) is 4.74 Å². The van der Waals surface area contributed by atoms with Crippen LogP contribution in [-0.2, 0) is 11.2 Å². The van der Waals surface area contributed by atoms with Gasteiger partial charge < -0.3 is 9.84 Å². The van der Waals surface area contributed by atoms with Gasteiger partial charge in [-0.1, -0.05) is 6.07 Å². The molecule has 1 aromatic rings. The third-order valence-electron chi connectivity index (χ3n) is 2.56. The fraction of sp³-hybridized carbons (Fsp3) is 0.538. The molecule has 1 atom stereocenters. The first-order chi connectivity index (χ1) is 7.63. The lowest BCUT2D eigenvalue weighted by Crippen LogP contribution is -2.14. The Hall–Kier alpha value is -0.930. The van der Waals surface area contributed by atoms with Gasteiger partial charge in [0.15, 0.2) is 0 Å². The zero-order chi connectivity index (χ0) is 12.0. The fourth-order valence-corrected chi connectivity index (χ4v) is 1.61. The zero-order valence-corrected chi connectivity index (χ0v) is 9.87. The van der Waals surface area contributed by atoms with Crippen molar-refractivity contribution in [3.05, 3.63) is 35.1 Å². The van der Waals surface area contributed by atoms with Crippen LogP contribution in [0.2, 0.25) is 0 Å². The Kier molecular flexibility index (Phi) is 5.43. The van der Waals surface area contributed by atoms with E-state index in [9.17, 15) is 9.50 Å². The van der Waals surface area contributed by atoms with Crippen molar-refractivity contribution in [2.24, 2.45) is 0 Å². The number of hydrogen-bond acceptors (Lipinski definition) is 2. The number of aliphatic hydroxyl groups is 1. The molecule has 0 amide bonds. The lowest BCUT2D eigenvalue weighted by atomic mass is 10.0. The lowest BCUT2D eigenvalue weighted by molar-refractivity contribution is 0.0886. The number of hydrogen-bond donors (Lipinski definition) is 1. The summed E-state index contributed by atoms with van der Waals surface area (Å²) in [5.74, 6) is -0.231. The lowest BCUT2D eigenvalue weighted by Gasteiger charge is -2.12. The molecule has 0 heterocycles. The van der Waals surface area contributed by atoms with Gasteiger partial charge in [-0.15, -0.1) is 0 Å². The standard InChI is InChI=1S/C13H19FO2/c1-3-16-7-6-13(15)9-11-4-5-12(14)8-10(11)2/h4-5,8,13,15H,3,6-7,9H2,1-2H3. The Labute approximate surface area is 96.1 Å². The minimum atomic E-state index is -0.421. The highest BCUT2D eigenvalue weighted by molar-refractivity contribution is 5.27. The smallest absolute Gasteiger partial charge is 0.123 e. The second-order valence-electron chi connectivity index (χ2n) is 3.91. The first-order valence-corrected chi connectivity index (χ1v) is 5.64. The Morgan fingerprint density at radius 2 is 2.19 bits per heavy atom. The second-order valence-corrected chi connectivity index (χ2v) is 3.91. The van der Waals surface area contributed by atoms with E-state index >= 15 is 0 Å². The van der Waals surface area contributed by atoms with Crippen LogP contribution in [0.5, 0.6) is 0 Å². The van der Waals surface area contributed by atoms with E-state index in [2.05, 4.69) is 0 Å². The van der Waals surface area contributed by atoms with Crippen LogP contribution in [0.4, 0.5) is 4.39 Å². The zero-order valence-electron chi connectivity index (χ0n) is 9.87. The van der Waals surface area contributed by atoms with Crippen molar-refractivity contribution in [1.29, 1.82) is 0 Å². The van der Waals surface area contributed by atoms with E-state index in [1.54, 1.807) is 6.07 Å².